The van der Waals surface area contributed by atoms with Crippen LogP contribution in [0.5, 0.6) is 0 Å². The van der Waals surface area contributed by atoms with Crippen molar-refractivity contribution in [3.63, 3.8) is 0 Å². The molecule has 2 heterocycles. The summed E-state index contributed by atoms with van der Waals surface area (Å²) in [6, 6.07) is 0.287. The second kappa shape index (κ2) is 5.17. The molecule has 4 heteroatoms. The Morgan fingerprint density at radius 2 is 2.00 bits per heavy atom. The molecule has 2 saturated heterocycles. The summed E-state index contributed by atoms with van der Waals surface area (Å²) in [5.41, 5.74) is 0. The minimum atomic E-state index is 0.135. The van der Waals surface area contributed by atoms with Gasteiger partial charge in [-0.05, 0) is 18.8 Å². The van der Waals surface area contributed by atoms with Crippen molar-refractivity contribution in [1.29, 1.82) is 0 Å². The van der Waals surface area contributed by atoms with Gasteiger partial charge in [0.1, 0.15) is 6.61 Å². The number of likely N-dealkylation sites (N-methyl/N-ethyl adjacent to an activating group) is 1. The Hall–Kier alpha value is -0.610. The molecule has 1 saturated carbocycles. The van der Waals surface area contributed by atoms with Crippen molar-refractivity contribution < 1.29 is 9.53 Å². The van der Waals surface area contributed by atoms with Gasteiger partial charge in [0, 0.05) is 26.7 Å². The van der Waals surface area contributed by atoms with E-state index in [4.69, 9.17) is 4.74 Å². The minimum Gasteiger partial charge on any atom is -0.365 e. The molecule has 0 aromatic heterocycles. The van der Waals surface area contributed by atoms with Crippen molar-refractivity contribution in [1.82, 2.24) is 9.80 Å². The van der Waals surface area contributed by atoms with Gasteiger partial charge in [0.15, 0.2) is 0 Å². The first-order valence-electron chi connectivity index (χ1n) is 7.33. The molecule has 3 fully saturated rings. The van der Waals surface area contributed by atoms with Crippen LogP contribution in [0.2, 0.25) is 0 Å². The zero-order chi connectivity index (χ0) is 12.5. The van der Waals surface area contributed by atoms with Gasteiger partial charge >= 0.3 is 0 Å². The Morgan fingerprint density at radius 3 is 2.78 bits per heavy atom. The van der Waals surface area contributed by atoms with Crippen LogP contribution in [0.3, 0.4) is 0 Å². The fourth-order valence-corrected chi connectivity index (χ4v) is 3.72. The molecule has 102 valence electrons. The number of likely N-dealkylation sites (tertiary alicyclic amines) is 1. The summed E-state index contributed by atoms with van der Waals surface area (Å²) < 4.78 is 5.67. The molecular formula is C14H24N2O2. The fraction of sp³-hybridized carbons (Fsp3) is 0.929. The number of hydrogen-bond donors (Lipinski definition) is 0. The van der Waals surface area contributed by atoms with Crippen LogP contribution in [0.4, 0.5) is 0 Å². The second-order valence-corrected chi connectivity index (χ2v) is 6.14. The van der Waals surface area contributed by atoms with E-state index < -0.39 is 0 Å². The molecule has 0 spiro atoms. The van der Waals surface area contributed by atoms with Gasteiger partial charge in [0.05, 0.1) is 12.1 Å². The third-order valence-corrected chi connectivity index (χ3v) is 4.87. The van der Waals surface area contributed by atoms with Gasteiger partial charge < -0.3 is 9.64 Å². The van der Waals surface area contributed by atoms with E-state index in [1.165, 1.54) is 38.6 Å². The number of carbonyl (C=O) groups excluding carboxylic acids is 1. The Balaban J connectivity index is 1.55. The first-order chi connectivity index (χ1) is 8.74. The lowest BCUT2D eigenvalue weighted by atomic mass is 9.89. The standard InChI is InChI=1S/C14H24N2O2/c1-15-12-8-16(7-11-5-3-2-4-6-11)9-13(12)18-10-14(15)17/h11-13H,2-10H2,1H3/t12-,13+/m1/s1. The monoisotopic (exact) mass is 252 g/mol. The predicted molar refractivity (Wildman–Crippen MR) is 69.3 cm³/mol. The van der Waals surface area contributed by atoms with Crippen LogP contribution in [0.25, 0.3) is 0 Å². The Kier molecular flexibility index (Phi) is 3.57. The molecule has 1 amide bonds. The molecule has 0 aromatic rings. The number of carbonyl (C=O) groups is 1. The SMILES string of the molecule is CN1C(=O)CO[C@H]2CN(CC3CCCCC3)C[C@H]21. The van der Waals surface area contributed by atoms with E-state index in [1.54, 1.807) is 0 Å². The van der Waals surface area contributed by atoms with Crippen molar-refractivity contribution >= 4 is 5.91 Å². The van der Waals surface area contributed by atoms with Gasteiger partial charge in [0.25, 0.3) is 0 Å². The zero-order valence-electron chi connectivity index (χ0n) is 11.3. The van der Waals surface area contributed by atoms with Crippen LogP contribution in [-0.2, 0) is 9.53 Å². The van der Waals surface area contributed by atoms with Crippen LogP contribution in [0.1, 0.15) is 32.1 Å². The van der Waals surface area contributed by atoms with Crippen molar-refractivity contribution in [3.05, 3.63) is 0 Å². The molecule has 2 aliphatic heterocycles. The highest BCUT2D eigenvalue weighted by atomic mass is 16.5. The van der Waals surface area contributed by atoms with E-state index >= 15 is 0 Å². The molecule has 0 unspecified atom stereocenters. The summed E-state index contributed by atoms with van der Waals surface area (Å²) in [6.45, 7) is 3.50. The lowest BCUT2D eigenvalue weighted by molar-refractivity contribution is -0.150. The van der Waals surface area contributed by atoms with Gasteiger partial charge in [-0.1, -0.05) is 19.3 Å². The number of morpholine rings is 1. The highest BCUT2D eigenvalue weighted by Gasteiger charge is 2.41. The number of rotatable bonds is 2. The van der Waals surface area contributed by atoms with Crippen LogP contribution in [0, 0.1) is 5.92 Å². The van der Waals surface area contributed by atoms with E-state index in [1.807, 2.05) is 11.9 Å². The lowest BCUT2D eigenvalue weighted by Gasteiger charge is -2.33. The van der Waals surface area contributed by atoms with Gasteiger partial charge in [-0.15, -0.1) is 0 Å². The van der Waals surface area contributed by atoms with Crippen molar-refractivity contribution in [2.75, 3.05) is 33.3 Å². The van der Waals surface area contributed by atoms with E-state index in [0.717, 1.165) is 19.0 Å². The zero-order valence-corrected chi connectivity index (χ0v) is 11.3. The highest BCUT2D eigenvalue weighted by molar-refractivity contribution is 5.78. The smallest absolute Gasteiger partial charge is 0.248 e. The molecule has 0 radical (unpaired) electrons. The number of nitrogens with zero attached hydrogens (tertiary/aromatic N) is 2. The highest BCUT2D eigenvalue weighted by Crippen LogP contribution is 2.28. The molecule has 2 atom stereocenters. The summed E-state index contributed by atoms with van der Waals surface area (Å²) >= 11 is 0. The maximum absolute atomic E-state index is 11.6. The lowest BCUT2D eigenvalue weighted by Crippen LogP contribution is -2.51. The van der Waals surface area contributed by atoms with Gasteiger partial charge in [-0.2, -0.15) is 0 Å². The third kappa shape index (κ3) is 2.41. The maximum atomic E-state index is 11.6. The number of fused-ring (bicyclic) bond motifs is 1. The minimum absolute atomic E-state index is 0.135. The van der Waals surface area contributed by atoms with Gasteiger partial charge in [-0.25, -0.2) is 0 Å². The maximum Gasteiger partial charge on any atom is 0.248 e. The largest absolute Gasteiger partial charge is 0.365 e. The van der Waals surface area contributed by atoms with Crippen LogP contribution < -0.4 is 0 Å². The normalized spacial score (nSPS) is 34.9. The number of amides is 1. The molecule has 0 bridgehead atoms. The molecular weight excluding hydrogens is 228 g/mol. The Bertz CT molecular complexity index is 315. The summed E-state index contributed by atoms with van der Waals surface area (Å²) in [6.07, 6.45) is 7.25. The van der Waals surface area contributed by atoms with Crippen LogP contribution in [0.15, 0.2) is 0 Å². The van der Waals surface area contributed by atoms with Gasteiger partial charge in [-0.3, -0.25) is 9.69 Å². The topological polar surface area (TPSA) is 32.8 Å². The fourth-order valence-electron chi connectivity index (χ4n) is 3.72. The third-order valence-electron chi connectivity index (χ3n) is 4.87. The Morgan fingerprint density at radius 1 is 1.22 bits per heavy atom. The first-order valence-corrected chi connectivity index (χ1v) is 7.33. The van der Waals surface area contributed by atoms with E-state index in [0.29, 0.717) is 0 Å². The predicted octanol–water partition coefficient (Wildman–Crippen LogP) is 1.11. The van der Waals surface area contributed by atoms with Gasteiger partial charge in [0.2, 0.25) is 5.91 Å². The van der Waals surface area contributed by atoms with Crippen LogP contribution >= 0.6 is 0 Å². The van der Waals surface area contributed by atoms with Crippen molar-refractivity contribution in [3.8, 4) is 0 Å². The average molecular weight is 252 g/mol. The average Bonchev–Trinajstić information content (AvgIpc) is 2.79. The summed E-state index contributed by atoms with van der Waals surface area (Å²) in [5, 5.41) is 0. The summed E-state index contributed by atoms with van der Waals surface area (Å²) in [4.78, 5) is 16.0. The quantitative estimate of drug-likeness (QED) is 0.738. The Labute approximate surface area is 109 Å². The number of hydrogen-bond acceptors (Lipinski definition) is 3. The molecule has 18 heavy (non-hydrogen) atoms. The molecule has 0 aromatic carbocycles. The molecule has 0 N–H and O–H groups in total. The number of ether oxygens (including phenoxy) is 1. The molecule has 4 nitrogen and oxygen atoms in total. The van der Waals surface area contributed by atoms with E-state index in [2.05, 4.69) is 4.90 Å². The summed E-state index contributed by atoms with van der Waals surface area (Å²) in [7, 11) is 1.92. The van der Waals surface area contributed by atoms with Crippen molar-refractivity contribution in [2.45, 2.75) is 44.2 Å². The second-order valence-electron chi connectivity index (χ2n) is 6.14. The van der Waals surface area contributed by atoms with E-state index in [9.17, 15) is 4.79 Å². The molecule has 1 aliphatic carbocycles. The van der Waals surface area contributed by atoms with Crippen LogP contribution in [-0.4, -0.2) is 61.1 Å². The molecule has 3 aliphatic rings. The molecule has 3 rings (SSSR count). The first kappa shape index (κ1) is 12.4. The van der Waals surface area contributed by atoms with Crippen molar-refractivity contribution in [2.24, 2.45) is 5.92 Å². The van der Waals surface area contributed by atoms with E-state index in [-0.39, 0.29) is 24.7 Å². The summed E-state index contributed by atoms with van der Waals surface area (Å²) in [5.74, 6) is 1.01.